The van der Waals surface area contributed by atoms with E-state index in [-0.39, 0.29) is 5.41 Å². The van der Waals surface area contributed by atoms with Gasteiger partial charge in [0.25, 0.3) is 0 Å². The van der Waals surface area contributed by atoms with Gasteiger partial charge in [-0.3, -0.25) is 0 Å². The van der Waals surface area contributed by atoms with Crippen molar-refractivity contribution in [1.29, 1.82) is 0 Å². The fraction of sp³-hybridized carbons (Fsp3) is 0.667. The SMILES string of the molecule is Cc1nc(CC(C)(C)C)nc2c1CNC2. The molecule has 1 aromatic heterocycles. The van der Waals surface area contributed by atoms with Crippen LogP contribution < -0.4 is 5.32 Å². The Labute approximate surface area is 91.3 Å². The van der Waals surface area contributed by atoms with E-state index in [1.54, 1.807) is 0 Å². The molecule has 0 bridgehead atoms. The molecular formula is C12H19N3. The van der Waals surface area contributed by atoms with Crippen molar-refractivity contribution >= 4 is 0 Å². The fourth-order valence-electron chi connectivity index (χ4n) is 1.95. The predicted molar refractivity (Wildman–Crippen MR) is 60.5 cm³/mol. The molecule has 0 saturated heterocycles. The van der Waals surface area contributed by atoms with E-state index in [2.05, 4.69) is 43.0 Å². The average Bonchev–Trinajstić information content (AvgIpc) is 2.48. The van der Waals surface area contributed by atoms with Crippen molar-refractivity contribution in [1.82, 2.24) is 15.3 Å². The average molecular weight is 205 g/mol. The Balaban J connectivity index is 2.32. The minimum absolute atomic E-state index is 0.257. The van der Waals surface area contributed by atoms with Crippen LogP contribution in [0.4, 0.5) is 0 Å². The zero-order valence-corrected chi connectivity index (χ0v) is 10.0. The molecule has 1 aliphatic heterocycles. The van der Waals surface area contributed by atoms with E-state index in [1.165, 1.54) is 11.3 Å². The van der Waals surface area contributed by atoms with Crippen LogP contribution in [-0.4, -0.2) is 9.97 Å². The molecule has 2 rings (SSSR count). The van der Waals surface area contributed by atoms with Gasteiger partial charge in [0.05, 0.1) is 5.69 Å². The summed E-state index contributed by atoms with van der Waals surface area (Å²) in [4.78, 5) is 9.20. The van der Waals surface area contributed by atoms with Crippen molar-refractivity contribution in [2.45, 2.75) is 47.2 Å². The lowest BCUT2D eigenvalue weighted by atomic mass is 9.92. The number of aromatic nitrogens is 2. The Morgan fingerprint density at radius 2 is 1.93 bits per heavy atom. The molecule has 0 amide bonds. The Hall–Kier alpha value is -0.960. The van der Waals surface area contributed by atoms with Crippen LogP contribution in [0.1, 0.15) is 43.5 Å². The molecule has 1 N–H and O–H groups in total. The molecular weight excluding hydrogens is 186 g/mol. The van der Waals surface area contributed by atoms with Gasteiger partial charge in [0.2, 0.25) is 0 Å². The summed E-state index contributed by atoms with van der Waals surface area (Å²) in [6.45, 7) is 10.6. The topological polar surface area (TPSA) is 37.8 Å². The standard InChI is InChI=1S/C12H19N3/c1-8-9-6-13-7-10(9)15-11(14-8)5-12(2,3)4/h13H,5-7H2,1-4H3. The van der Waals surface area contributed by atoms with Gasteiger partial charge in [0.1, 0.15) is 5.82 Å². The van der Waals surface area contributed by atoms with E-state index < -0.39 is 0 Å². The molecule has 0 radical (unpaired) electrons. The lowest BCUT2D eigenvalue weighted by molar-refractivity contribution is 0.399. The summed E-state index contributed by atoms with van der Waals surface area (Å²) in [5, 5.41) is 3.32. The number of rotatable bonds is 1. The zero-order valence-electron chi connectivity index (χ0n) is 10.0. The number of hydrogen-bond acceptors (Lipinski definition) is 3. The van der Waals surface area contributed by atoms with Crippen LogP contribution in [0.25, 0.3) is 0 Å². The fourth-order valence-corrected chi connectivity index (χ4v) is 1.95. The van der Waals surface area contributed by atoms with Crippen LogP contribution in [0, 0.1) is 12.3 Å². The highest BCUT2D eigenvalue weighted by molar-refractivity contribution is 5.28. The van der Waals surface area contributed by atoms with Crippen LogP contribution in [0.15, 0.2) is 0 Å². The molecule has 1 aliphatic rings. The first kappa shape index (κ1) is 10.6. The Morgan fingerprint density at radius 3 is 2.60 bits per heavy atom. The maximum absolute atomic E-state index is 4.63. The van der Waals surface area contributed by atoms with Gasteiger partial charge in [0.15, 0.2) is 0 Å². The second-order valence-corrected chi connectivity index (χ2v) is 5.49. The summed E-state index contributed by atoms with van der Waals surface area (Å²) in [5.41, 5.74) is 3.89. The molecule has 0 saturated carbocycles. The summed E-state index contributed by atoms with van der Waals surface area (Å²) < 4.78 is 0. The second-order valence-electron chi connectivity index (χ2n) is 5.49. The minimum atomic E-state index is 0.257. The predicted octanol–water partition coefficient (Wildman–Crippen LogP) is 1.98. The summed E-state index contributed by atoms with van der Waals surface area (Å²) >= 11 is 0. The first-order valence-corrected chi connectivity index (χ1v) is 5.52. The van der Waals surface area contributed by atoms with E-state index in [0.29, 0.717) is 0 Å². The number of fused-ring (bicyclic) bond motifs is 1. The molecule has 3 heteroatoms. The summed E-state index contributed by atoms with van der Waals surface area (Å²) in [6.07, 6.45) is 0.946. The van der Waals surface area contributed by atoms with E-state index >= 15 is 0 Å². The lowest BCUT2D eigenvalue weighted by Crippen LogP contribution is -2.14. The van der Waals surface area contributed by atoms with Crippen LogP contribution in [0.5, 0.6) is 0 Å². The molecule has 0 unspecified atom stereocenters. The highest BCUT2D eigenvalue weighted by Gasteiger charge is 2.19. The van der Waals surface area contributed by atoms with E-state index in [4.69, 9.17) is 0 Å². The number of aryl methyl sites for hydroxylation is 1. The first-order chi connectivity index (χ1) is 6.96. The van der Waals surface area contributed by atoms with Crippen LogP contribution in [-0.2, 0) is 19.5 Å². The van der Waals surface area contributed by atoms with Gasteiger partial charge in [-0.25, -0.2) is 9.97 Å². The molecule has 0 spiro atoms. The van der Waals surface area contributed by atoms with Gasteiger partial charge >= 0.3 is 0 Å². The van der Waals surface area contributed by atoms with Gasteiger partial charge in [0, 0.05) is 30.8 Å². The summed E-state index contributed by atoms with van der Waals surface area (Å²) in [6, 6.07) is 0. The largest absolute Gasteiger partial charge is 0.307 e. The van der Waals surface area contributed by atoms with Gasteiger partial charge in [-0.15, -0.1) is 0 Å². The minimum Gasteiger partial charge on any atom is -0.307 e. The maximum atomic E-state index is 4.63. The lowest BCUT2D eigenvalue weighted by Gasteiger charge is -2.17. The molecule has 2 heterocycles. The van der Waals surface area contributed by atoms with Gasteiger partial charge in [-0.2, -0.15) is 0 Å². The summed E-state index contributed by atoms with van der Waals surface area (Å²) in [7, 11) is 0. The third kappa shape index (κ3) is 2.34. The van der Waals surface area contributed by atoms with Crippen molar-refractivity contribution in [3.05, 3.63) is 22.8 Å². The Bertz CT molecular complexity index is 377. The first-order valence-electron chi connectivity index (χ1n) is 5.52. The molecule has 3 nitrogen and oxygen atoms in total. The molecule has 15 heavy (non-hydrogen) atoms. The maximum Gasteiger partial charge on any atom is 0.129 e. The van der Waals surface area contributed by atoms with E-state index in [9.17, 15) is 0 Å². The van der Waals surface area contributed by atoms with Gasteiger partial charge in [-0.05, 0) is 12.3 Å². The molecule has 0 aliphatic carbocycles. The Kier molecular flexibility index (Phi) is 2.51. The van der Waals surface area contributed by atoms with Crippen molar-refractivity contribution in [3.63, 3.8) is 0 Å². The number of hydrogen-bond donors (Lipinski definition) is 1. The van der Waals surface area contributed by atoms with Crippen molar-refractivity contribution < 1.29 is 0 Å². The highest BCUT2D eigenvalue weighted by Crippen LogP contribution is 2.21. The quantitative estimate of drug-likeness (QED) is 0.761. The molecule has 82 valence electrons. The zero-order chi connectivity index (χ0) is 11.1. The number of nitrogens with one attached hydrogen (secondary N) is 1. The smallest absolute Gasteiger partial charge is 0.129 e. The van der Waals surface area contributed by atoms with Crippen LogP contribution in [0.2, 0.25) is 0 Å². The van der Waals surface area contributed by atoms with Gasteiger partial charge < -0.3 is 5.32 Å². The Morgan fingerprint density at radius 1 is 1.20 bits per heavy atom. The van der Waals surface area contributed by atoms with Crippen LogP contribution in [0.3, 0.4) is 0 Å². The molecule has 0 atom stereocenters. The van der Waals surface area contributed by atoms with E-state index in [1.807, 2.05) is 0 Å². The normalized spacial score (nSPS) is 15.5. The van der Waals surface area contributed by atoms with Crippen molar-refractivity contribution in [2.24, 2.45) is 5.41 Å². The second kappa shape index (κ2) is 3.56. The highest BCUT2D eigenvalue weighted by atomic mass is 15.0. The molecule has 0 fully saturated rings. The van der Waals surface area contributed by atoms with E-state index in [0.717, 1.165) is 31.0 Å². The molecule has 1 aromatic rings. The van der Waals surface area contributed by atoms with Gasteiger partial charge in [-0.1, -0.05) is 20.8 Å². The monoisotopic (exact) mass is 205 g/mol. The van der Waals surface area contributed by atoms with Crippen molar-refractivity contribution in [3.8, 4) is 0 Å². The third-order valence-electron chi connectivity index (χ3n) is 2.63. The van der Waals surface area contributed by atoms with Crippen LogP contribution >= 0.6 is 0 Å². The molecule has 0 aromatic carbocycles. The number of nitrogens with zero attached hydrogens (tertiary/aromatic N) is 2. The summed E-state index contributed by atoms with van der Waals surface area (Å²) in [5.74, 6) is 0.988. The van der Waals surface area contributed by atoms with Crippen molar-refractivity contribution in [2.75, 3.05) is 0 Å². The third-order valence-corrected chi connectivity index (χ3v) is 2.63.